The first kappa shape index (κ1) is 21.9. The third-order valence-electron chi connectivity index (χ3n) is 5.04. The van der Waals surface area contributed by atoms with E-state index in [9.17, 15) is 13.2 Å². The van der Waals surface area contributed by atoms with Crippen molar-refractivity contribution >= 4 is 49.9 Å². The fourth-order valence-electron chi connectivity index (χ4n) is 3.46. The molecule has 1 aliphatic rings. The van der Waals surface area contributed by atoms with Crippen molar-refractivity contribution in [1.82, 2.24) is 5.32 Å². The van der Waals surface area contributed by atoms with Gasteiger partial charge < -0.3 is 10.2 Å². The first-order chi connectivity index (χ1) is 13.7. The summed E-state index contributed by atoms with van der Waals surface area (Å²) in [6, 6.07) is 15.0. The van der Waals surface area contributed by atoms with E-state index < -0.39 is 10.0 Å². The van der Waals surface area contributed by atoms with Crippen molar-refractivity contribution in [3.8, 4) is 0 Å². The molecule has 29 heavy (non-hydrogen) atoms. The fourth-order valence-corrected chi connectivity index (χ4v) is 4.67. The maximum absolute atomic E-state index is 12.6. The van der Waals surface area contributed by atoms with Crippen LogP contribution in [0.1, 0.15) is 31.4 Å². The van der Waals surface area contributed by atoms with Crippen molar-refractivity contribution in [2.45, 2.75) is 25.8 Å². The lowest BCUT2D eigenvalue weighted by molar-refractivity contribution is -0.120. The molecule has 1 fully saturated rings. The number of nitrogens with zero attached hydrogens (tertiary/aromatic N) is 2. The number of carbonyl (C=O) groups excluding carboxylic acids is 1. The minimum Gasteiger partial charge on any atom is -0.372 e. The highest BCUT2D eigenvalue weighted by Crippen LogP contribution is 2.23. The number of hydrogen-bond donors (Lipinski definition) is 1. The minimum absolute atomic E-state index is 0.215. The van der Waals surface area contributed by atoms with Crippen molar-refractivity contribution in [2.75, 3.05) is 35.1 Å². The molecule has 1 heterocycles. The molecule has 0 aliphatic carbocycles. The molecule has 8 heteroatoms. The summed E-state index contributed by atoms with van der Waals surface area (Å²) in [4.78, 5) is 14.9. The number of halogens is 1. The molecule has 0 radical (unpaired) electrons. The lowest BCUT2D eigenvalue weighted by atomic mass is 10.1. The van der Waals surface area contributed by atoms with E-state index in [0.29, 0.717) is 5.69 Å². The summed E-state index contributed by atoms with van der Waals surface area (Å²) in [5.74, 6) is -0.343. The van der Waals surface area contributed by atoms with Crippen LogP contribution < -0.4 is 14.5 Å². The average Bonchev–Trinajstić information content (AvgIpc) is 3.21. The highest BCUT2D eigenvalue weighted by atomic mass is 127. The van der Waals surface area contributed by atoms with Gasteiger partial charge in [-0.25, -0.2) is 8.42 Å². The third-order valence-corrected chi connectivity index (χ3v) is 6.90. The summed E-state index contributed by atoms with van der Waals surface area (Å²) in [6.45, 7) is 3.82. The van der Waals surface area contributed by atoms with E-state index in [0.717, 1.165) is 32.8 Å². The van der Waals surface area contributed by atoms with Gasteiger partial charge in [0.1, 0.15) is 6.54 Å². The van der Waals surface area contributed by atoms with Gasteiger partial charge >= 0.3 is 0 Å². The van der Waals surface area contributed by atoms with Crippen LogP contribution in [0.4, 0.5) is 11.4 Å². The number of amides is 1. The van der Waals surface area contributed by atoms with Gasteiger partial charge in [0, 0.05) is 22.3 Å². The van der Waals surface area contributed by atoms with E-state index in [-0.39, 0.29) is 18.5 Å². The second-order valence-corrected chi connectivity index (χ2v) is 10.5. The number of hydrogen-bond acceptors (Lipinski definition) is 4. The van der Waals surface area contributed by atoms with Crippen LogP contribution in [0.25, 0.3) is 0 Å². The zero-order chi connectivity index (χ0) is 21.0. The first-order valence-electron chi connectivity index (χ1n) is 9.61. The third kappa shape index (κ3) is 5.85. The van der Waals surface area contributed by atoms with Gasteiger partial charge in [-0.3, -0.25) is 9.10 Å². The Bertz CT molecular complexity index is 940. The maximum atomic E-state index is 12.6. The van der Waals surface area contributed by atoms with E-state index in [2.05, 4.69) is 44.9 Å². The molecule has 1 N–H and O–H groups in total. The molecule has 0 bridgehead atoms. The highest BCUT2D eigenvalue weighted by Gasteiger charge is 2.22. The van der Waals surface area contributed by atoms with E-state index in [4.69, 9.17) is 0 Å². The maximum Gasteiger partial charge on any atom is 0.241 e. The number of rotatable bonds is 7. The summed E-state index contributed by atoms with van der Waals surface area (Å²) in [7, 11) is -3.58. The fraction of sp³-hybridized carbons (Fsp3) is 0.381. The van der Waals surface area contributed by atoms with Crippen LogP contribution >= 0.6 is 22.6 Å². The van der Waals surface area contributed by atoms with Crippen LogP contribution in [0, 0.1) is 3.57 Å². The quantitative estimate of drug-likeness (QED) is 0.560. The van der Waals surface area contributed by atoms with Crippen molar-refractivity contribution in [2.24, 2.45) is 0 Å². The standard InChI is InChI=1S/C21H26IN3O3S/c1-16(17-5-9-19(10-6-17)24-13-3-4-14-24)23-21(26)15-25(29(2,27)28)20-11-7-18(22)8-12-20/h5-12,16H,3-4,13-15H2,1-2H3,(H,23,26). The molecule has 0 saturated carbocycles. The first-order valence-corrected chi connectivity index (χ1v) is 12.5. The van der Waals surface area contributed by atoms with E-state index in [1.165, 1.54) is 18.5 Å². The van der Waals surface area contributed by atoms with Crippen LogP contribution in [0.5, 0.6) is 0 Å². The summed E-state index contributed by atoms with van der Waals surface area (Å²) in [5.41, 5.74) is 2.67. The summed E-state index contributed by atoms with van der Waals surface area (Å²) < 4.78 is 26.5. The Morgan fingerprint density at radius 1 is 1.10 bits per heavy atom. The Labute approximate surface area is 186 Å². The van der Waals surface area contributed by atoms with Gasteiger partial charge in [-0.15, -0.1) is 0 Å². The molecule has 1 amide bonds. The Balaban J connectivity index is 1.65. The number of benzene rings is 2. The molecule has 6 nitrogen and oxygen atoms in total. The molecule has 1 saturated heterocycles. The lowest BCUT2D eigenvalue weighted by Gasteiger charge is -2.23. The Morgan fingerprint density at radius 2 is 1.69 bits per heavy atom. The van der Waals surface area contributed by atoms with Crippen molar-refractivity contribution in [3.05, 3.63) is 57.7 Å². The molecule has 0 spiro atoms. The minimum atomic E-state index is -3.58. The molecule has 3 rings (SSSR count). The SMILES string of the molecule is CC(NC(=O)CN(c1ccc(I)cc1)S(C)(=O)=O)c1ccc(N2CCCC2)cc1. The second-order valence-electron chi connectivity index (χ2n) is 7.32. The number of carbonyl (C=O) groups is 1. The van der Waals surface area contributed by atoms with Crippen molar-refractivity contribution in [1.29, 1.82) is 0 Å². The highest BCUT2D eigenvalue weighted by molar-refractivity contribution is 14.1. The molecule has 1 atom stereocenters. The smallest absolute Gasteiger partial charge is 0.241 e. The monoisotopic (exact) mass is 527 g/mol. The molecule has 2 aromatic carbocycles. The van der Waals surface area contributed by atoms with E-state index >= 15 is 0 Å². The van der Waals surface area contributed by atoms with Crippen LogP contribution in [0.3, 0.4) is 0 Å². The van der Waals surface area contributed by atoms with Crippen molar-refractivity contribution in [3.63, 3.8) is 0 Å². The normalized spacial score (nSPS) is 15.2. The second kappa shape index (κ2) is 9.34. The molecule has 1 aliphatic heterocycles. The van der Waals surface area contributed by atoms with Crippen LogP contribution in [-0.4, -0.2) is 40.2 Å². The molecule has 2 aromatic rings. The zero-order valence-electron chi connectivity index (χ0n) is 16.6. The van der Waals surface area contributed by atoms with Gasteiger partial charge in [-0.2, -0.15) is 0 Å². The summed E-state index contributed by atoms with van der Waals surface area (Å²) in [6.07, 6.45) is 3.57. The molecule has 1 unspecified atom stereocenters. The summed E-state index contributed by atoms with van der Waals surface area (Å²) >= 11 is 2.15. The molecule has 156 valence electrons. The van der Waals surface area contributed by atoms with Crippen LogP contribution in [0.15, 0.2) is 48.5 Å². The van der Waals surface area contributed by atoms with E-state index in [1.54, 1.807) is 12.1 Å². The predicted molar refractivity (Wildman–Crippen MR) is 126 cm³/mol. The number of nitrogens with one attached hydrogen (secondary N) is 1. The van der Waals surface area contributed by atoms with Crippen LogP contribution in [0.2, 0.25) is 0 Å². The van der Waals surface area contributed by atoms with Gasteiger partial charge in [0.25, 0.3) is 0 Å². The number of sulfonamides is 1. The van der Waals surface area contributed by atoms with Gasteiger partial charge in [0.15, 0.2) is 0 Å². The largest absolute Gasteiger partial charge is 0.372 e. The molecule has 0 aromatic heterocycles. The van der Waals surface area contributed by atoms with E-state index in [1.807, 2.05) is 31.2 Å². The Hall–Kier alpha value is -1.81. The topological polar surface area (TPSA) is 69.7 Å². The van der Waals surface area contributed by atoms with Gasteiger partial charge in [0.2, 0.25) is 15.9 Å². The van der Waals surface area contributed by atoms with Crippen LogP contribution in [-0.2, 0) is 14.8 Å². The lowest BCUT2D eigenvalue weighted by Crippen LogP contribution is -2.41. The van der Waals surface area contributed by atoms with Gasteiger partial charge in [-0.1, -0.05) is 12.1 Å². The summed E-state index contributed by atoms with van der Waals surface area (Å²) in [5, 5.41) is 2.91. The van der Waals surface area contributed by atoms with Crippen molar-refractivity contribution < 1.29 is 13.2 Å². The Morgan fingerprint density at radius 3 is 2.24 bits per heavy atom. The van der Waals surface area contributed by atoms with Gasteiger partial charge in [-0.05, 0) is 84.3 Å². The average molecular weight is 527 g/mol. The zero-order valence-corrected chi connectivity index (χ0v) is 19.6. The predicted octanol–water partition coefficient (Wildman–Crippen LogP) is 3.53. The Kier molecular flexibility index (Phi) is 7.05. The molecular formula is C21H26IN3O3S. The van der Waals surface area contributed by atoms with Gasteiger partial charge in [0.05, 0.1) is 18.0 Å². The molecular weight excluding hydrogens is 501 g/mol. The number of anilines is 2.